The normalized spacial score (nSPS) is 14.1. The number of hydrogen-bond donors (Lipinski definition) is 1. The molecule has 1 rings (SSSR count). The smallest absolute Gasteiger partial charge is 0.242 e. The van der Waals surface area contributed by atoms with Gasteiger partial charge in [0, 0.05) is 13.2 Å². The van der Waals surface area contributed by atoms with E-state index in [1.54, 1.807) is 25.1 Å². The molecule has 4 nitrogen and oxygen atoms in total. The molecule has 17 heavy (non-hydrogen) atoms. The first-order chi connectivity index (χ1) is 7.97. The molecule has 4 heteroatoms. The molecule has 0 aromatic carbocycles. The molecular weight excluding hydrogens is 214 g/mol. The predicted octanol–water partition coefficient (Wildman–Crippen LogP) is 1.56. The third-order valence-corrected chi connectivity index (χ3v) is 2.73. The van der Waals surface area contributed by atoms with Crippen LogP contribution in [0.4, 0.5) is 0 Å². The van der Waals surface area contributed by atoms with E-state index in [1.807, 2.05) is 25.1 Å². The van der Waals surface area contributed by atoms with Crippen LogP contribution in [0.25, 0.3) is 0 Å². The van der Waals surface area contributed by atoms with E-state index < -0.39 is 5.54 Å². The van der Waals surface area contributed by atoms with Gasteiger partial charge in [-0.2, -0.15) is 0 Å². The summed E-state index contributed by atoms with van der Waals surface area (Å²) in [5, 5.41) is 0. The Bertz CT molecular complexity index is 362. The Morgan fingerprint density at radius 2 is 2.24 bits per heavy atom. The van der Waals surface area contributed by atoms with Crippen molar-refractivity contribution in [2.24, 2.45) is 5.73 Å². The summed E-state index contributed by atoms with van der Waals surface area (Å²) in [4.78, 5) is 18.0. The fourth-order valence-electron chi connectivity index (χ4n) is 1.87. The Balaban J connectivity index is 2.65. The van der Waals surface area contributed by atoms with Crippen molar-refractivity contribution < 1.29 is 4.79 Å². The first-order valence-electron chi connectivity index (χ1n) is 5.91. The molecule has 0 saturated carbocycles. The summed E-state index contributed by atoms with van der Waals surface area (Å²) in [6.45, 7) is 4.31. The fourth-order valence-corrected chi connectivity index (χ4v) is 1.87. The molecule has 0 saturated heterocycles. The zero-order valence-electron chi connectivity index (χ0n) is 10.8. The van der Waals surface area contributed by atoms with Gasteiger partial charge >= 0.3 is 0 Å². The number of likely N-dealkylation sites (N-methyl/N-ethyl adjacent to an activating group) is 1. The lowest BCUT2D eigenvalue weighted by molar-refractivity contribution is -0.135. The molecule has 1 atom stereocenters. The molecule has 1 heterocycles. The van der Waals surface area contributed by atoms with Crippen molar-refractivity contribution in [3.63, 3.8) is 0 Å². The van der Waals surface area contributed by atoms with E-state index in [0.717, 1.165) is 12.1 Å². The van der Waals surface area contributed by atoms with E-state index in [0.29, 0.717) is 13.0 Å². The first-order valence-corrected chi connectivity index (χ1v) is 5.91. The highest BCUT2D eigenvalue weighted by molar-refractivity contribution is 5.85. The van der Waals surface area contributed by atoms with E-state index >= 15 is 0 Å². The van der Waals surface area contributed by atoms with Crippen LogP contribution in [0.2, 0.25) is 0 Å². The zero-order chi connectivity index (χ0) is 12.9. The Morgan fingerprint density at radius 3 is 2.76 bits per heavy atom. The van der Waals surface area contributed by atoms with Crippen LogP contribution in [0.5, 0.6) is 0 Å². The first kappa shape index (κ1) is 13.6. The van der Waals surface area contributed by atoms with Gasteiger partial charge in [0.2, 0.25) is 5.91 Å². The average molecular weight is 235 g/mol. The fraction of sp³-hybridized carbons (Fsp3) is 0.538. The summed E-state index contributed by atoms with van der Waals surface area (Å²) >= 11 is 0. The van der Waals surface area contributed by atoms with Gasteiger partial charge < -0.3 is 10.6 Å². The van der Waals surface area contributed by atoms with Crippen LogP contribution in [-0.2, 0) is 11.3 Å². The van der Waals surface area contributed by atoms with Gasteiger partial charge in [-0.05, 0) is 25.5 Å². The Morgan fingerprint density at radius 1 is 1.53 bits per heavy atom. The summed E-state index contributed by atoms with van der Waals surface area (Å²) in [7, 11) is 1.76. The van der Waals surface area contributed by atoms with E-state index in [1.165, 1.54) is 0 Å². The van der Waals surface area contributed by atoms with E-state index in [4.69, 9.17) is 5.73 Å². The number of rotatable bonds is 5. The van der Waals surface area contributed by atoms with Crippen LogP contribution >= 0.6 is 0 Å². The number of aromatic nitrogens is 1. The van der Waals surface area contributed by atoms with Gasteiger partial charge in [0.1, 0.15) is 0 Å². The molecule has 1 unspecified atom stereocenters. The Hall–Kier alpha value is -1.42. The number of carbonyl (C=O) groups is 1. The maximum absolute atomic E-state index is 12.1. The number of hydrogen-bond acceptors (Lipinski definition) is 3. The molecule has 1 aromatic rings. The van der Waals surface area contributed by atoms with Gasteiger partial charge in [-0.25, -0.2) is 0 Å². The van der Waals surface area contributed by atoms with Crippen LogP contribution in [0, 0.1) is 0 Å². The largest absolute Gasteiger partial charge is 0.338 e. The topological polar surface area (TPSA) is 59.2 Å². The molecule has 0 aliphatic carbocycles. The second-order valence-electron chi connectivity index (χ2n) is 4.65. The number of pyridine rings is 1. The Labute approximate surface area is 103 Å². The van der Waals surface area contributed by atoms with Crippen LogP contribution in [0.15, 0.2) is 24.4 Å². The quantitative estimate of drug-likeness (QED) is 0.842. The average Bonchev–Trinajstić information content (AvgIpc) is 2.29. The second kappa shape index (κ2) is 5.77. The van der Waals surface area contributed by atoms with E-state index in [2.05, 4.69) is 4.98 Å². The highest BCUT2D eigenvalue weighted by Crippen LogP contribution is 2.13. The lowest BCUT2D eigenvalue weighted by atomic mass is 9.96. The van der Waals surface area contributed by atoms with Crippen molar-refractivity contribution in [1.29, 1.82) is 0 Å². The molecule has 1 amide bonds. The summed E-state index contributed by atoms with van der Waals surface area (Å²) in [6.07, 6.45) is 3.32. The number of nitrogens with two attached hydrogens (primary N) is 1. The second-order valence-corrected chi connectivity index (χ2v) is 4.65. The van der Waals surface area contributed by atoms with Crippen molar-refractivity contribution in [3.8, 4) is 0 Å². The van der Waals surface area contributed by atoms with Crippen molar-refractivity contribution in [1.82, 2.24) is 9.88 Å². The molecule has 94 valence electrons. The highest BCUT2D eigenvalue weighted by atomic mass is 16.2. The van der Waals surface area contributed by atoms with Gasteiger partial charge in [0.15, 0.2) is 0 Å². The molecule has 2 N–H and O–H groups in total. The summed E-state index contributed by atoms with van der Waals surface area (Å²) in [5.74, 6) is -0.0370. The maximum atomic E-state index is 12.1. The van der Waals surface area contributed by atoms with Crippen LogP contribution in [0.3, 0.4) is 0 Å². The molecule has 0 radical (unpaired) electrons. The lowest BCUT2D eigenvalue weighted by Crippen LogP contribution is -2.51. The Kier molecular flexibility index (Phi) is 4.63. The lowest BCUT2D eigenvalue weighted by Gasteiger charge is -2.28. The minimum absolute atomic E-state index is 0.0370. The number of amides is 1. The van der Waals surface area contributed by atoms with Crippen LogP contribution < -0.4 is 5.73 Å². The summed E-state index contributed by atoms with van der Waals surface area (Å²) in [5.41, 5.74) is 6.11. The summed E-state index contributed by atoms with van der Waals surface area (Å²) in [6, 6.07) is 5.67. The van der Waals surface area contributed by atoms with Crippen molar-refractivity contribution >= 4 is 5.91 Å². The van der Waals surface area contributed by atoms with Gasteiger partial charge in [-0.3, -0.25) is 9.78 Å². The number of carbonyl (C=O) groups excluding carboxylic acids is 1. The van der Waals surface area contributed by atoms with Crippen LogP contribution in [0.1, 0.15) is 32.4 Å². The number of nitrogens with zero attached hydrogens (tertiary/aromatic N) is 2. The zero-order valence-corrected chi connectivity index (χ0v) is 10.8. The standard InChI is InChI=1S/C13H21N3O/c1-4-8-13(2,14)12(17)16(3)10-11-7-5-6-9-15-11/h5-7,9H,4,8,10,14H2,1-3H3. The van der Waals surface area contributed by atoms with Crippen molar-refractivity contribution in [2.45, 2.75) is 38.8 Å². The predicted molar refractivity (Wildman–Crippen MR) is 68.2 cm³/mol. The third kappa shape index (κ3) is 3.82. The highest BCUT2D eigenvalue weighted by Gasteiger charge is 2.30. The molecule has 0 fully saturated rings. The minimum Gasteiger partial charge on any atom is -0.338 e. The molecule has 0 aliphatic rings. The van der Waals surface area contributed by atoms with Gasteiger partial charge in [-0.15, -0.1) is 0 Å². The monoisotopic (exact) mass is 235 g/mol. The molecule has 0 aliphatic heterocycles. The SMILES string of the molecule is CCCC(C)(N)C(=O)N(C)Cc1ccccn1. The van der Waals surface area contributed by atoms with Crippen molar-refractivity contribution in [2.75, 3.05) is 7.05 Å². The molecule has 0 spiro atoms. The minimum atomic E-state index is -0.779. The maximum Gasteiger partial charge on any atom is 0.242 e. The van der Waals surface area contributed by atoms with Crippen LogP contribution in [-0.4, -0.2) is 28.4 Å². The van der Waals surface area contributed by atoms with Crippen molar-refractivity contribution in [3.05, 3.63) is 30.1 Å². The van der Waals surface area contributed by atoms with Gasteiger partial charge in [-0.1, -0.05) is 19.4 Å². The molecule has 0 bridgehead atoms. The summed E-state index contributed by atoms with van der Waals surface area (Å²) < 4.78 is 0. The molecular formula is C13H21N3O. The van der Waals surface area contributed by atoms with E-state index in [-0.39, 0.29) is 5.91 Å². The third-order valence-electron chi connectivity index (χ3n) is 2.73. The van der Waals surface area contributed by atoms with E-state index in [9.17, 15) is 4.79 Å². The molecule has 1 aromatic heterocycles. The van der Waals surface area contributed by atoms with Gasteiger partial charge in [0.05, 0.1) is 17.8 Å². The van der Waals surface area contributed by atoms with Gasteiger partial charge in [0.25, 0.3) is 0 Å².